The van der Waals surface area contributed by atoms with E-state index in [-0.39, 0.29) is 6.42 Å². The minimum atomic E-state index is -0.788. The van der Waals surface area contributed by atoms with Gasteiger partial charge in [-0.2, -0.15) is 0 Å². The Labute approximate surface area is 129 Å². The van der Waals surface area contributed by atoms with Gasteiger partial charge in [0.15, 0.2) is 0 Å². The molecule has 0 unspecified atom stereocenters. The summed E-state index contributed by atoms with van der Waals surface area (Å²) in [5, 5.41) is 8.59. The van der Waals surface area contributed by atoms with Crippen LogP contribution in [0.3, 0.4) is 0 Å². The fourth-order valence-corrected chi connectivity index (χ4v) is 3.15. The Morgan fingerprint density at radius 3 is 2.57 bits per heavy atom. The summed E-state index contributed by atoms with van der Waals surface area (Å²) in [5.74, 6) is -0.788. The lowest BCUT2D eigenvalue weighted by Crippen LogP contribution is -1.89. The number of benzene rings is 1. The SMILES string of the molecule is O=C(O)CC=Cc1ccc(CCCCc2ccccc2)s1. The van der Waals surface area contributed by atoms with Gasteiger partial charge in [-0.3, -0.25) is 4.79 Å². The van der Waals surface area contributed by atoms with Gasteiger partial charge in [0.25, 0.3) is 0 Å². The summed E-state index contributed by atoms with van der Waals surface area (Å²) in [5.41, 5.74) is 1.40. The molecule has 0 bridgehead atoms. The Morgan fingerprint density at radius 2 is 1.81 bits per heavy atom. The largest absolute Gasteiger partial charge is 0.481 e. The van der Waals surface area contributed by atoms with Crippen molar-refractivity contribution in [3.8, 4) is 0 Å². The minimum absolute atomic E-state index is 0.0876. The van der Waals surface area contributed by atoms with E-state index in [1.165, 1.54) is 23.3 Å². The van der Waals surface area contributed by atoms with Gasteiger partial charge in [-0.1, -0.05) is 36.4 Å². The molecule has 0 aliphatic rings. The summed E-state index contributed by atoms with van der Waals surface area (Å²) in [6, 6.07) is 14.8. The highest BCUT2D eigenvalue weighted by atomic mass is 32.1. The first-order valence-corrected chi connectivity index (χ1v) is 8.06. The van der Waals surface area contributed by atoms with Gasteiger partial charge in [-0.15, -0.1) is 11.3 Å². The van der Waals surface area contributed by atoms with Crippen LogP contribution in [0, 0.1) is 0 Å². The predicted molar refractivity (Wildman–Crippen MR) is 88.7 cm³/mol. The molecule has 1 heterocycles. The van der Waals surface area contributed by atoms with Crippen LogP contribution in [0.5, 0.6) is 0 Å². The first-order chi connectivity index (χ1) is 10.2. The van der Waals surface area contributed by atoms with E-state index in [0.717, 1.165) is 17.7 Å². The maximum Gasteiger partial charge on any atom is 0.307 e. The Morgan fingerprint density at radius 1 is 1.05 bits per heavy atom. The molecule has 0 amide bonds. The Balaban J connectivity index is 1.70. The van der Waals surface area contributed by atoms with Crippen LogP contribution in [-0.2, 0) is 17.6 Å². The molecule has 1 N–H and O–H groups in total. The Bertz CT molecular complexity index is 584. The summed E-state index contributed by atoms with van der Waals surface area (Å²) in [6.07, 6.45) is 8.31. The van der Waals surface area contributed by atoms with E-state index >= 15 is 0 Å². The van der Waals surface area contributed by atoms with E-state index in [9.17, 15) is 4.79 Å². The maximum atomic E-state index is 10.4. The fraction of sp³-hybridized carbons (Fsp3) is 0.278. The molecule has 2 nitrogen and oxygen atoms in total. The molecule has 0 spiro atoms. The number of carboxylic acids is 1. The van der Waals surface area contributed by atoms with Crippen LogP contribution in [-0.4, -0.2) is 11.1 Å². The van der Waals surface area contributed by atoms with E-state index in [0.29, 0.717) is 0 Å². The highest BCUT2D eigenvalue weighted by Crippen LogP contribution is 2.20. The number of aliphatic carboxylic acids is 1. The van der Waals surface area contributed by atoms with Crippen molar-refractivity contribution in [1.29, 1.82) is 0 Å². The second kappa shape index (κ2) is 8.42. The number of rotatable bonds is 8. The van der Waals surface area contributed by atoms with Crippen molar-refractivity contribution in [2.75, 3.05) is 0 Å². The van der Waals surface area contributed by atoms with Gasteiger partial charge in [0, 0.05) is 9.75 Å². The third kappa shape index (κ3) is 5.96. The third-order valence-corrected chi connectivity index (χ3v) is 4.35. The average Bonchev–Trinajstić information content (AvgIpc) is 2.92. The zero-order chi connectivity index (χ0) is 14.9. The lowest BCUT2D eigenvalue weighted by atomic mass is 10.1. The predicted octanol–water partition coefficient (Wildman–Crippen LogP) is 4.80. The number of thiophene rings is 1. The summed E-state index contributed by atoms with van der Waals surface area (Å²) >= 11 is 1.75. The smallest absolute Gasteiger partial charge is 0.307 e. The summed E-state index contributed by atoms with van der Waals surface area (Å²) in [7, 11) is 0. The van der Waals surface area contributed by atoms with Crippen LogP contribution in [0.15, 0.2) is 48.5 Å². The number of hydrogen-bond acceptors (Lipinski definition) is 2. The fourth-order valence-electron chi connectivity index (χ4n) is 2.17. The summed E-state index contributed by atoms with van der Waals surface area (Å²) in [4.78, 5) is 12.9. The molecular formula is C18H20O2S. The van der Waals surface area contributed by atoms with E-state index in [1.54, 1.807) is 17.4 Å². The molecule has 0 atom stereocenters. The third-order valence-electron chi connectivity index (χ3n) is 3.24. The highest BCUT2D eigenvalue weighted by Gasteiger charge is 1.99. The van der Waals surface area contributed by atoms with Gasteiger partial charge in [-0.05, 0) is 49.5 Å². The quantitative estimate of drug-likeness (QED) is 0.711. The van der Waals surface area contributed by atoms with Crippen molar-refractivity contribution >= 4 is 23.4 Å². The lowest BCUT2D eigenvalue weighted by Gasteiger charge is -2.00. The van der Waals surface area contributed by atoms with Crippen molar-refractivity contribution in [3.63, 3.8) is 0 Å². The number of unbranched alkanes of at least 4 members (excludes halogenated alkanes) is 1. The van der Waals surface area contributed by atoms with Gasteiger partial charge in [0.1, 0.15) is 0 Å². The van der Waals surface area contributed by atoms with Crippen molar-refractivity contribution < 1.29 is 9.90 Å². The van der Waals surface area contributed by atoms with Crippen molar-refractivity contribution in [1.82, 2.24) is 0 Å². The topological polar surface area (TPSA) is 37.3 Å². The van der Waals surface area contributed by atoms with Gasteiger partial charge < -0.3 is 5.11 Å². The van der Waals surface area contributed by atoms with E-state index in [2.05, 4.69) is 42.5 Å². The highest BCUT2D eigenvalue weighted by molar-refractivity contribution is 7.12. The van der Waals surface area contributed by atoms with Crippen molar-refractivity contribution in [2.45, 2.75) is 32.1 Å². The van der Waals surface area contributed by atoms with Crippen molar-refractivity contribution in [2.24, 2.45) is 0 Å². The Hall–Kier alpha value is -1.87. The molecule has 0 saturated carbocycles. The maximum absolute atomic E-state index is 10.4. The molecule has 2 rings (SSSR count). The van der Waals surface area contributed by atoms with Gasteiger partial charge in [-0.25, -0.2) is 0 Å². The Kier molecular flexibility index (Phi) is 6.22. The number of carbonyl (C=O) groups is 1. The van der Waals surface area contributed by atoms with Gasteiger partial charge >= 0.3 is 5.97 Å². The molecule has 1 aromatic carbocycles. The van der Waals surface area contributed by atoms with Crippen LogP contribution in [0.4, 0.5) is 0 Å². The van der Waals surface area contributed by atoms with E-state index in [4.69, 9.17) is 5.11 Å². The summed E-state index contributed by atoms with van der Waals surface area (Å²) in [6.45, 7) is 0. The normalized spacial score (nSPS) is 11.0. The first kappa shape index (κ1) is 15.5. The van der Waals surface area contributed by atoms with Gasteiger partial charge in [0.2, 0.25) is 0 Å². The van der Waals surface area contributed by atoms with Crippen LogP contribution >= 0.6 is 11.3 Å². The molecule has 0 aliphatic carbocycles. The molecule has 2 aromatic rings. The van der Waals surface area contributed by atoms with Crippen LogP contribution in [0.1, 0.15) is 34.6 Å². The molecule has 21 heavy (non-hydrogen) atoms. The molecule has 0 radical (unpaired) electrons. The minimum Gasteiger partial charge on any atom is -0.481 e. The zero-order valence-electron chi connectivity index (χ0n) is 12.0. The molecule has 0 aliphatic heterocycles. The van der Waals surface area contributed by atoms with E-state index in [1.807, 2.05) is 6.08 Å². The van der Waals surface area contributed by atoms with Crippen molar-refractivity contribution in [3.05, 3.63) is 63.9 Å². The molecule has 0 saturated heterocycles. The zero-order valence-corrected chi connectivity index (χ0v) is 12.8. The number of carboxylic acid groups (broad SMARTS) is 1. The van der Waals surface area contributed by atoms with Crippen LogP contribution in [0.2, 0.25) is 0 Å². The molecule has 110 valence electrons. The summed E-state index contributed by atoms with van der Waals surface area (Å²) < 4.78 is 0. The molecular weight excluding hydrogens is 280 g/mol. The molecule has 3 heteroatoms. The molecule has 1 aromatic heterocycles. The average molecular weight is 300 g/mol. The standard InChI is InChI=1S/C18H20O2S/c19-18(20)12-6-11-17-14-13-16(21-17)10-5-4-9-15-7-2-1-3-8-15/h1-3,6-8,11,13-14H,4-5,9-10,12H2,(H,19,20). The van der Waals surface area contributed by atoms with Crippen LogP contribution < -0.4 is 0 Å². The number of hydrogen-bond donors (Lipinski definition) is 1. The van der Waals surface area contributed by atoms with Crippen LogP contribution in [0.25, 0.3) is 6.08 Å². The second-order valence-corrected chi connectivity index (χ2v) is 6.20. The molecule has 0 fully saturated rings. The van der Waals surface area contributed by atoms with E-state index < -0.39 is 5.97 Å². The lowest BCUT2D eigenvalue weighted by molar-refractivity contribution is -0.135. The number of aryl methyl sites for hydroxylation is 2. The monoisotopic (exact) mass is 300 g/mol. The van der Waals surface area contributed by atoms with Gasteiger partial charge in [0.05, 0.1) is 6.42 Å². The first-order valence-electron chi connectivity index (χ1n) is 7.25. The second-order valence-electron chi connectivity index (χ2n) is 5.00.